The lowest BCUT2D eigenvalue weighted by Gasteiger charge is -2.30. The fraction of sp³-hybridized carbons (Fsp3) is 0.333. The smallest absolute Gasteiger partial charge is 0.387 e. The molecule has 2 aromatic rings. The lowest BCUT2D eigenvalue weighted by Crippen LogP contribution is -2.43. The highest BCUT2D eigenvalue weighted by Gasteiger charge is 2.22. The minimum Gasteiger partial charge on any atom is -0.495 e. The molecule has 7 nitrogen and oxygen atoms in total. The number of benzene rings is 2. The van der Waals surface area contributed by atoms with Crippen LogP contribution in [0.4, 0.5) is 20.2 Å². The summed E-state index contributed by atoms with van der Waals surface area (Å²) in [6, 6.07) is 8.13. The highest BCUT2D eigenvalue weighted by molar-refractivity contribution is 7.92. The first-order valence-corrected chi connectivity index (χ1v) is 10.6. The van der Waals surface area contributed by atoms with Gasteiger partial charge in [-0.15, -0.1) is 0 Å². The first-order chi connectivity index (χ1) is 13.8. The van der Waals surface area contributed by atoms with E-state index in [1.54, 1.807) is 6.07 Å². The Kier molecular flexibility index (Phi) is 6.66. The molecule has 2 N–H and O–H groups in total. The molecule has 0 atom stereocenters. The third kappa shape index (κ3) is 5.20. The molecule has 0 aliphatic carbocycles. The number of piperazine rings is 1. The zero-order valence-electron chi connectivity index (χ0n) is 15.5. The Hall–Kier alpha value is -2.30. The fourth-order valence-electron chi connectivity index (χ4n) is 2.97. The predicted molar refractivity (Wildman–Crippen MR) is 107 cm³/mol. The predicted octanol–water partition coefficient (Wildman–Crippen LogP) is 3.16. The van der Waals surface area contributed by atoms with Crippen LogP contribution in [0.15, 0.2) is 41.3 Å². The molecule has 11 heteroatoms. The molecule has 0 saturated carbocycles. The Bertz CT molecular complexity index is 970. The Morgan fingerprint density at radius 2 is 1.83 bits per heavy atom. The maximum atomic E-state index is 12.9. The minimum atomic E-state index is -4.11. The van der Waals surface area contributed by atoms with Crippen LogP contribution >= 0.6 is 11.6 Å². The Morgan fingerprint density at radius 1 is 1.14 bits per heavy atom. The molecule has 1 fully saturated rings. The molecular formula is C18H20ClF2N3O4S. The van der Waals surface area contributed by atoms with Gasteiger partial charge in [-0.1, -0.05) is 11.6 Å². The van der Waals surface area contributed by atoms with Gasteiger partial charge in [0.15, 0.2) is 0 Å². The van der Waals surface area contributed by atoms with E-state index >= 15 is 0 Å². The van der Waals surface area contributed by atoms with Crippen LogP contribution in [-0.4, -0.2) is 48.3 Å². The number of nitrogens with one attached hydrogen (secondary N) is 2. The maximum absolute atomic E-state index is 12.9. The van der Waals surface area contributed by atoms with E-state index in [-0.39, 0.29) is 21.4 Å². The first-order valence-electron chi connectivity index (χ1n) is 8.71. The van der Waals surface area contributed by atoms with E-state index in [9.17, 15) is 17.2 Å². The zero-order valence-corrected chi connectivity index (χ0v) is 17.1. The summed E-state index contributed by atoms with van der Waals surface area (Å²) >= 11 is 5.89. The highest BCUT2D eigenvalue weighted by atomic mass is 35.5. The molecule has 2 aromatic carbocycles. The van der Waals surface area contributed by atoms with Crippen molar-refractivity contribution in [1.82, 2.24) is 5.32 Å². The van der Waals surface area contributed by atoms with E-state index in [0.717, 1.165) is 13.1 Å². The van der Waals surface area contributed by atoms with Gasteiger partial charge in [0, 0.05) is 31.2 Å². The maximum Gasteiger partial charge on any atom is 0.387 e. The van der Waals surface area contributed by atoms with Gasteiger partial charge in [0.1, 0.15) is 11.5 Å². The Morgan fingerprint density at radius 3 is 2.48 bits per heavy atom. The molecule has 0 radical (unpaired) electrons. The van der Waals surface area contributed by atoms with E-state index in [0.29, 0.717) is 24.5 Å². The number of hydrogen-bond acceptors (Lipinski definition) is 6. The average Bonchev–Trinajstić information content (AvgIpc) is 2.69. The van der Waals surface area contributed by atoms with E-state index in [2.05, 4.69) is 14.8 Å². The Labute approximate surface area is 172 Å². The number of ether oxygens (including phenoxy) is 2. The van der Waals surface area contributed by atoms with Crippen molar-refractivity contribution in [2.75, 3.05) is 42.9 Å². The summed E-state index contributed by atoms with van der Waals surface area (Å²) in [7, 11) is -2.60. The van der Waals surface area contributed by atoms with Gasteiger partial charge in [0.25, 0.3) is 10.0 Å². The van der Waals surface area contributed by atoms with Gasteiger partial charge in [-0.25, -0.2) is 8.42 Å². The SMILES string of the molecule is COc1ccc(S(=O)(=O)Nc2cc(Cl)ccc2OC(F)F)cc1N1CCNCC1. The lowest BCUT2D eigenvalue weighted by molar-refractivity contribution is -0.0493. The summed E-state index contributed by atoms with van der Waals surface area (Å²) in [5, 5.41) is 3.39. The molecule has 1 heterocycles. The summed E-state index contributed by atoms with van der Waals surface area (Å²) in [5.41, 5.74) is 0.448. The standard InChI is InChI=1S/C18H20ClF2N3O4S/c1-27-17-5-3-13(11-15(17)24-8-6-22-7-9-24)29(25,26)23-14-10-12(19)2-4-16(14)28-18(20)21/h2-5,10-11,18,22-23H,6-9H2,1H3. The number of sulfonamides is 1. The third-order valence-corrected chi connectivity index (χ3v) is 5.92. The van der Waals surface area contributed by atoms with Gasteiger partial charge in [-0.2, -0.15) is 8.78 Å². The lowest BCUT2D eigenvalue weighted by atomic mass is 10.2. The fourth-order valence-corrected chi connectivity index (χ4v) is 4.23. The molecule has 158 valence electrons. The van der Waals surface area contributed by atoms with Gasteiger partial charge >= 0.3 is 6.61 Å². The molecule has 1 saturated heterocycles. The third-order valence-electron chi connectivity index (χ3n) is 4.32. The number of nitrogens with zero attached hydrogens (tertiary/aromatic N) is 1. The van der Waals surface area contributed by atoms with Crippen LogP contribution in [0.2, 0.25) is 5.02 Å². The van der Waals surface area contributed by atoms with E-state index in [1.165, 1.54) is 37.4 Å². The number of rotatable bonds is 7. The first kappa shape index (κ1) is 21.4. The molecule has 0 spiro atoms. The van der Waals surface area contributed by atoms with Gasteiger partial charge in [-0.3, -0.25) is 4.72 Å². The van der Waals surface area contributed by atoms with Crippen molar-refractivity contribution < 1.29 is 26.7 Å². The van der Waals surface area contributed by atoms with E-state index < -0.39 is 16.6 Å². The van der Waals surface area contributed by atoms with Crippen molar-refractivity contribution in [3.05, 3.63) is 41.4 Å². The zero-order chi connectivity index (χ0) is 21.0. The van der Waals surface area contributed by atoms with Crippen molar-refractivity contribution in [2.24, 2.45) is 0 Å². The van der Waals surface area contributed by atoms with Crippen LogP contribution in [0, 0.1) is 0 Å². The summed E-state index contributed by atoms with van der Waals surface area (Å²) in [5.74, 6) is 0.208. The van der Waals surface area contributed by atoms with Crippen LogP contribution in [0.3, 0.4) is 0 Å². The second kappa shape index (κ2) is 9.02. The highest BCUT2D eigenvalue weighted by Crippen LogP contribution is 2.34. The summed E-state index contributed by atoms with van der Waals surface area (Å²) in [4.78, 5) is 1.97. The molecule has 0 amide bonds. The normalized spacial score (nSPS) is 14.7. The van der Waals surface area contributed by atoms with Crippen LogP contribution in [0.1, 0.15) is 0 Å². The molecule has 0 bridgehead atoms. The quantitative estimate of drug-likeness (QED) is 0.678. The van der Waals surface area contributed by atoms with E-state index in [1.807, 2.05) is 4.90 Å². The summed E-state index contributed by atoms with van der Waals surface area (Å²) in [6.45, 7) is -0.216. The molecular weight excluding hydrogens is 428 g/mol. The minimum absolute atomic E-state index is 0.0465. The van der Waals surface area contributed by atoms with Gasteiger partial charge in [0.05, 0.1) is 23.4 Å². The number of alkyl halides is 2. The van der Waals surface area contributed by atoms with Crippen LogP contribution < -0.4 is 24.4 Å². The second-order valence-corrected chi connectivity index (χ2v) is 8.31. The van der Waals surface area contributed by atoms with Gasteiger partial charge in [-0.05, 0) is 36.4 Å². The van der Waals surface area contributed by atoms with Crippen molar-refractivity contribution in [3.8, 4) is 11.5 Å². The van der Waals surface area contributed by atoms with Crippen LogP contribution in [0.25, 0.3) is 0 Å². The molecule has 0 aromatic heterocycles. The van der Waals surface area contributed by atoms with Crippen LogP contribution in [-0.2, 0) is 10.0 Å². The van der Waals surface area contributed by atoms with Crippen molar-refractivity contribution in [3.63, 3.8) is 0 Å². The monoisotopic (exact) mass is 447 g/mol. The van der Waals surface area contributed by atoms with Crippen molar-refractivity contribution >= 4 is 33.0 Å². The number of methoxy groups -OCH3 is 1. The average molecular weight is 448 g/mol. The van der Waals surface area contributed by atoms with Crippen LogP contribution in [0.5, 0.6) is 11.5 Å². The topological polar surface area (TPSA) is 79.9 Å². The summed E-state index contributed by atoms with van der Waals surface area (Å²) in [6.07, 6.45) is 0. The number of hydrogen-bond donors (Lipinski definition) is 2. The van der Waals surface area contributed by atoms with Gasteiger partial charge < -0.3 is 19.7 Å². The molecule has 1 aliphatic heterocycles. The molecule has 29 heavy (non-hydrogen) atoms. The molecule has 3 rings (SSSR count). The number of anilines is 2. The number of halogens is 3. The molecule has 0 unspecified atom stereocenters. The van der Waals surface area contributed by atoms with Crippen molar-refractivity contribution in [2.45, 2.75) is 11.5 Å². The molecule has 1 aliphatic rings. The summed E-state index contributed by atoms with van der Waals surface area (Å²) < 4.78 is 63.1. The van der Waals surface area contributed by atoms with E-state index in [4.69, 9.17) is 16.3 Å². The Balaban J connectivity index is 1.95. The van der Waals surface area contributed by atoms with Crippen molar-refractivity contribution in [1.29, 1.82) is 0 Å². The largest absolute Gasteiger partial charge is 0.495 e. The second-order valence-electron chi connectivity index (χ2n) is 6.20. The van der Waals surface area contributed by atoms with Gasteiger partial charge in [0.2, 0.25) is 0 Å².